The topological polar surface area (TPSA) is 9.72 Å². The SMILES string of the molecule is CC1(C)c2cc(N(c3ccc(-c4ccccc4)cc3)c3ccc(-c4ccccc4)cc3)ccc2-c2cc3c(cc21)-c1cc(N(c2ccc(-c4ccccc4)cc2)c2ccc(-c4ccccc4)cc2)cc(N(c2ccc(-c4ccccc4)cc2)c2ccc(-c4ccccc4)cc2)c1C3(C)C. The largest absolute Gasteiger partial charge is 0.310 e. The molecule has 0 fully saturated rings. The first-order valence-corrected chi connectivity index (χ1v) is 34.5. The minimum atomic E-state index is -0.472. The van der Waals surface area contributed by atoms with Crippen LogP contribution < -0.4 is 14.7 Å². The second-order valence-corrected chi connectivity index (χ2v) is 27.3. The van der Waals surface area contributed by atoms with Gasteiger partial charge in [-0.05, 0) is 220 Å². The Bertz CT molecular complexity index is 5140. The van der Waals surface area contributed by atoms with Gasteiger partial charge in [0.05, 0.1) is 5.69 Å². The molecule has 0 unspecified atom stereocenters. The van der Waals surface area contributed by atoms with Gasteiger partial charge in [-0.15, -0.1) is 0 Å². The maximum absolute atomic E-state index is 2.58. The van der Waals surface area contributed by atoms with Gasteiger partial charge in [0.2, 0.25) is 0 Å². The zero-order valence-corrected chi connectivity index (χ0v) is 56.1. The van der Waals surface area contributed by atoms with Crippen LogP contribution in [0.5, 0.6) is 0 Å². The van der Waals surface area contributed by atoms with Gasteiger partial charge < -0.3 is 14.7 Å². The van der Waals surface area contributed by atoms with Crippen molar-refractivity contribution in [3.63, 3.8) is 0 Å². The van der Waals surface area contributed by atoms with Crippen LogP contribution in [-0.2, 0) is 10.8 Å². The monoisotopic (exact) mass is 1270 g/mol. The van der Waals surface area contributed by atoms with Crippen LogP contribution in [-0.4, -0.2) is 0 Å². The van der Waals surface area contributed by atoms with Gasteiger partial charge in [-0.1, -0.05) is 289 Å². The van der Waals surface area contributed by atoms with E-state index in [1.807, 2.05) is 0 Å². The summed E-state index contributed by atoms with van der Waals surface area (Å²) in [5, 5.41) is 0. The number of nitrogens with zero attached hydrogens (tertiary/aromatic N) is 3. The molecular weight excluding hydrogens is 1200 g/mol. The Labute approximate surface area is 582 Å². The van der Waals surface area contributed by atoms with Crippen LogP contribution in [0, 0.1) is 0 Å². The van der Waals surface area contributed by atoms with Crippen molar-refractivity contribution in [2.75, 3.05) is 14.7 Å². The lowest BCUT2D eigenvalue weighted by molar-refractivity contribution is 0.652. The summed E-state index contributed by atoms with van der Waals surface area (Å²) in [4.78, 5) is 7.43. The Morgan fingerprint density at radius 3 is 0.727 bits per heavy atom. The Kier molecular flexibility index (Phi) is 15.3. The van der Waals surface area contributed by atoms with E-state index in [0.717, 1.165) is 51.2 Å². The van der Waals surface area contributed by atoms with Crippen molar-refractivity contribution in [1.82, 2.24) is 0 Å². The van der Waals surface area contributed by atoms with Gasteiger partial charge in [0.1, 0.15) is 0 Å². The minimum absolute atomic E-state index is 0.372. The molecule has 2 aliphatic rings. The second kappa shape index (κ2) is 25.0. The van der Waals surface area contributed by atoms with Crippen LogP contribution in [0.1, 0.15) is 49.9 Å². The molecule has 0 amide bonds. The summed E-state index contributed by atoms with van der Waals surface area (Å²) in [6.45, 7) is 9.78. The maximum Gasteiger partial charge on any atom is 0.0529 e. The molecule has 15 aromatic carbocycles. The highest BCUT2D eigenvalue weighted by atomic mass is 15.2. The smallest absolute Gasteiger partial charge is 0.0529 e. The van der Waals surface area contributed by atoms with E-state index in [4.69, 9.17) is 0 Å². The summed E-state index contributed by atoms with van der Waals surface area (Å²) in [6.07, 6.45) is 0. The number of fused-ring (bicyclic) bond motifs is 6. The van der Waals surface area contributed by atoms with Crippen LogP contribution in [0.2, 0.25) is 0 Å². The third-order valence-corrected chi connectivity index (χ3v) is 20.6. The lowest BCUT2D eigenvalue weighted by Crippen LogP contribution is -2.21. The molecule has 0 bridgehead atoms. The van der Waals surface area contributed by atoms with Gasteiger partial charge in [0, 0.05) is 56.3 Å². The number of rotatable bonds is 15. The van der Waals surface area contributed by atoms with Crippen LogP contribution in [0.3, 0.4) is 0 Å². The van der Waals surface area contributed by atoms with E-state index < -0.39 is 5.41 Å². The molecule has 0 atom stereocenters. The molecule has 15 aromatic rings. The molecule has 17 rings (SSSR count). The molecule has 2 aliphatic carbocycles. The normalized spacial score (nSPS) is 12.8. The Morgan fingerprint density at radius 2 is 0.414 bits per heavy atom. The minimum Gasteiger partial charge on any atom is -0.310 e. The van der Waals surface area contributed by atoms with Crippen LogP contribution >= 0.6 is 0 Å². The quantitative estimate of drug-likeness (QED) is 0.101. The molecule has 0 aliphatic heterocycles. The van der Waals surface area contributed by atoms with Crippen molar-refractivity contribution >= 4 is 51.2 Å². The average Bonchev–Trinajstić information content (AvgIpc) is 1.53. The lowest BCUT2D eigenvalue weighted by Gasteiger charge is -2.34. The zero-order chi connectivity index (χ0) is 66.6. The molecule has 3 heteroatoms. The van der Waals surface area contributed by atoms with Crippen molar-refractivity contribution < 1.29 is 0 Å². The summed E-state index contributed by atoms with van der Waals surface area (Å²) in [6, 6.07) is 136. The number of anilines is 9. The molecule has 472 valence electrons. The first kappa shape index (κ1) is 60.4. The molecule has 99 heavy (non-hydrogen) atoms. The number of hydrogen-bond donors (Lipinski definition) is 0. The van der Waals surface area contributed by atoms with Gasteiger partial charge in [0.15, 0.2) is 0 Å². The third-order valence-electron chi connectivity index (χ3n) is 20.6. The summed E-state index contributed by atoms with van der Waals surface area (Å²) in [5.41, 5.74) is 33.4. The van der Waals surface area contributed by atoms with E-state index >= 15 is 0 Å². The fraction of sp³-hybridized carbons (Fsp3) is 0.0625. The predicted molar refractivity (Wildman–Crippen MR) is 418 cm³/mol. The van der Waals surface area contributed by atoms with Gasteiger partial charge in [-0.2, -0.15) is 0 Å². The zero-order valence-electron chi connectivity index (χ0n) is 56.1. The molecule has 0 saturated carbocycles. The fourth-order valence-corrected chi connectivity index (χ4v) is 15.5. The van der Waals surface area contributed by atoms with Crippen LogP contribution in [0.4, 0.5) is 51.2 Å². The van der Waals surface area contributed by atoms with Gasteiger partial charge in [-0.25, -0.2) is 0 Å². The summed E-state index contributed by atoms with van der Waals surface area (Å²) in [7, 11) is 0. The molecule has 0 saturated heterocycles. The van der Waals surface area contributed by atoms with E-state index in [0.29, 0.717) is 0 Å². The molecule has 0 N–H and O–H groups in total. The Hall–Kier alpha value is -12.3. The van der Waals surface area contributed by atoms with Gasteiger partial charge in [0.25, 0.3) is 0 Å². The van der Waals surface area contributed by atoms with Crippen molar-refractivity contribution in [2.24, 2.45) is 0 Å². The van der Waals surface area contributed by atoms with E-state index in [1.54, 1.807) is 0 Å². The summed E-state index contributed by atoms with van der Waals surface area (Å²) >= 11 is 0. The molecule has 0 heterocycles. The second-order valence-electron chi connectivity index (χ2n) is 27.3. The summed E-state index contributed by atoms with van der Waals surface area (Å²) in [5.74, 6) is 0. The Balaban J connectivity index is 0.853. The highest BCUT2D eigenvalue weighted by molar-refractivity contribution is 5.99. The number of hydrogen-bond acceptors (Lipinski definition) is 3. The fourth-order valence-electron chi connectivity index (χ4n) is 15.5. The maximum atomic E-state index is 2.58. The highest BCUT2D eigenvalue weighted by Gasteiger charge is 2.44. The van der Waals surface area contributed by atoms with Crippen molar-refractivity contribution in [3.05, 3.63) is 392 Å². The molecular formula is C96H73N3. The summed E-state index contributed by atoms with van der Waals surface area (Å²) < 4.78 is 0. The average molecular weight is 1270 g/mol. The predicted octanol–water partition coefficient (Wildman–Crippen LogP) is 26.7. The van der Waals surface area contributed by atoms with Crippen molar-refractivity contribution in [2.45, 2.75) is 38.5 Å². The molecule has 0 aromatic heterocycles. The van der Waals surface area contributed by atoms with E-state index in [-0.39, 0.29) is 5.41 Å². The van der Waals surface area contributed by atoms with Crippen LogP contribution in [0.25, 0.3) is 89.0 Å². The Morgan fingerprint density at radius 1 is 0.172 bits per heavy atom. The highest BCUT2D eigenvalue weighted by Crippen LogP contribution is 2.61. The van der Waals surface area contributed by atoms with E-state index in [1.165, 1.54) is 111 Å². The molecule has 0 radical (unpaired) electrons. The standard InChI is InChI=1S/C96H73N3/c1-95(2)90-62-84(97(78-47-35-72(36-48-78)66-23-11-5-12-24-66)79-49-37-73(38-50-79)67-25-13-6-14-26-67)59-60-86(90)87-64-92-88(65-91(87)95)89-61-85(98(80-51-39-74(40-52-80)68-27-15-7-16-28-68)81-53-41-75(42-54-81)69-29-17-8-18-30-69)63-93(94(89)96(92,3)4)99(82-55-43-76(44-56-82)70-31-19-9-20-32-70)83-57-45-77(46-58-83)71-33-21-10-22-34-71/h5-65H,1-4H3. The lowest BCUT2D eigenvalue weighted by atomic mass is 9.78. The van der Waals surface area contributed by atoms with Gasteiger partial charge >= 0.3 is 0 Å². The van der Waals surface area contributed by atoms with Gasteiger partial charge in [-0.3, -0.25) is 0 Å². The number of benzene rings is 15. The van der Waals surface area contributed by atoms with Crippen molar-refractivity contribution in [3.8, 4) is 89.0 Å². The van der Waals surface area contributed by atoms with Crippen LogP contribution in [0.15, 0.2) is 370 Å². The molecule has 0 spiro atoms. The first-order valence-electron chi connectivity index (χ1n) is 34.5. The van der Waals surface area contributed by atoms with Crippen molar-refractivity contribution in [1.29, 1.82) is 0 Å². The first-order chi connectivity index (χ1) is 48.6. The van der Waals surface area contributed by atoms with E-state index in [2.05, 4.69) is 412 Å². The third kappa shape index (κ3) is 11.1. The molecule has 3 nitrogen and oxygen atoms in total. The van der Waals surface area contributed by atoms with E-state index in [9.17, 15) is 0 Å².